The minimum Gasteiger partial charge on any atom is -0.415 e. The van der Waals surface area contributed by atoms with Gasteiger partial charge in [0.05, 0.1) is 6.54 Å². The van der Waals surface area contributed by atoms with Crippen LogP contribution >= 0.6 is 7.60 Å². The van der Waals surface area contributed by atoms with Gasteiger partial charge in [-0.25, -0.2) is 4.57 Å². The summed E-state index contributed by atoms with van der Waals surface area (Å²) in [5, 5.41) is 8.09. The van der Waals surface area contributed by atoms with Crippen molar-refractivity contribution < 1.29 is 18.4 Å². The third-order valence-electron chi connectivity index (χ3n) is 5.13. The molecular formula is C29H32N5O4P. The number of rotatable bonds is 9. The number of hydrazone groups is 1. The van der Waals surface area contributed by atoms with Gasteiger partial charge in [0.1, 0.15) is 17.8 Å². The van der Waals surface area contributed by atoms with E-state index < -0.39 is 13.5 Å². The number of nitrogens with zero attached hydrogens (tertiary/aromatic N) is 1. The van der Waals surface area contributed by atoms with E-state index in [4.69, 9.17) is 20.6 Å². The summed E-state index contributed by atoms with van der Waals surface area (Å²) >= 11 is 0. The van der Waals surface area contributed by atoms with E-state index in [1.807, 2.05) is 18.2 Å². The van der Waals surface area contributed by atoms with Crippen molar-refractivity contribution in [1.29, 1.82) is 0 Å². The SMILES string of the molecule is Cc1ccc(-c2ccccc2)cc1.N/N=C(\N)NC(=O)CNCP(=O)(Oc1ccccc1)Oc1ccccc1. The smallest absolute Gasteiger partial charge is 0.415 e. The van der Waals surface area contributed by atoms with Gasteiger partial charge in [-0.05, 0) is 42.3 Å². The maximum Gasteiger partial charge on any atom is 0.444 e. The maximum atomic E-state index is 13.1. The Morgan fingerprint density at radius 1 is 0.769 bits per heavy atom. The van der Waals surface area contributed by atoms with Gasteiger partial charge in [0, 0.05) is 0 Å². The Hall–Kier alpha value is -4.59. The quantitative estimate of drug-likeness (QED) is 0.0775. The number of guanidine groups is 1. The predicted molar refractivity (Wildman–Crippen MR) is 155 cm³/mol. The van der Waals surface area contributed by atoms with Gasteiger partial charge in [0.25, 0.3) is 0 Å². The van der Waals surface area contributed by atoms with E-state index in [0.717, 1.165) is 0 Å². The van der Waals surface area contributed by atoms with Gasteiger partial charge >= 0.3 is 7.60 Å². The molecule has 0 aliphatic rings. The van der Waals surface area contributed by atoms with E-state index in [1.54, 1.807) is 48.5 Å². The minimum absolute atomic E-state index is 0.184. The van der Waals surface area contributed by atoms with E-state index >= 15 is 0 Å². The number of nitrogens with two attached hydrogens (primary N) is 2. The van der Waals surface area contributed by atoms with Crippen LogP contribution in [0.1, 0.15) is 5.56 Å². The molecule has 0 saturated carbocycles. The van der Waals surface area contributed by atoms with Crippen LogP contribution < -0.4 is 31.3 Å². The first-order chi connectivity index (χ1) is 18.9. The molecule has 1 amide bonds. The van der Waals surface area contributed by atoms with Crippen LogP contribution in [-0.4, -0.2) is 24.7 Å². The second kappa shape index (κ2) is 15.0. The third kappa shape index (κ3) is 10.4. The Labute approximate surface area is 228 Å². The van der Waals surface area contributed by atoms with E-state index in [-0.39, 0.29) is 18.8 Å². The zero-order valence-corrected chi connectivity index (χ0v) is 22.5. The molecule has 6 N–H and O–H groups in total. The van der Waals surface area contributed by atoms with Crippen LogP contribution in [0, 0.1) is 6.92 Å². The topological polar surface area (TPSA) is 141 Å². The third-order valence-corrected chi connectivity index (χ3v) is 6.72. The van der Waals surface area contributed by atoms with Crippen molar-refractivity contribution in [3.05, 3.63) is 121 Å². The molecule has 9 nitrogen and oxygen atoms in total. The fraction of sp³-hybridized carbons (Fsp3) is 0.103. The fourth-order valence-electron chi connectivity index (χ4n) is 3.27. The highest BCUT2D eigenvalue weighted by molar-refractivity contribution is 7.54. The van der Waals surface area contributed by atoms with Crippen LogP contribution in [0.2, 0.25) is 0 Å². The number of aryl methyl sites for hydroxylation is 1. The Balaban J connectivity index is 0.000000268. The van der Waals surface area contributed by atoms with Gasteiger partial charge in [-0.3, -0.25) is 15.4 Å². The van der Waals surface area contributed by atoms with Crippen molar-refractivity contribution in [1.82, 2.24) is 10.6 Å². The Kier molecular flexibility index (Phi) is 11.1. The number of para-hydroxylation sites is 2. The average molecular weight is 546 g/mol. The van der Waals surface area contributed by atoms with Gasteiger partial charge in [-0.2, -0.15) is 0 Å². The molecule has 0 fully saturated rings. The zero-order chi connectivity index (χ0) is 27.9. The number of carbonyl (C=O) groups excluding carboxylic acids is 1. The monoisotopic (exact) mass is 545 g/mol. The summed E-state index contributed by atoms with van der Waals surface area (Å²) in [6.45, 7) is 1.92. The molecule has 0 aliphatic carbocycles. The molecule has 4 rings (SSSR count). The molecule has 0 bridgehead atoms. The van der Waals surface area contributed by atoms with Crippen molar-refractivity contribution in [2.24, 2.45) is 16.7 Å². The molecule has 4 aromatic rings. The molecule has 0 heterocycles. The number of hydrogen-bond donors (Lipinski definition) is 4. The molecule has 4 aromatic carbocycles. The lowest BCUT2D eigenvalue weighted by Gasteiger charge is -2.20. The molecule has 39 heavy (non-hydrogen) atoms. The number of nitrogens with one attached hydrogen (secondary N) is 2. The first-order valence-electron chi connectivity index (χ1n) is 12.1. The second-order valence-corrected chi connectivity index (χ2v) is 10.2. The number of amides is 1. The maximum absolute atomic E-state index is 13.1. The van der Waals surface area contributed by atoms with Crippen LogP contribution in [0.15, 0.2) is 120 Å². The van der Waals surface area contributed by atoms with Crippen LogP contribution in [0.3, 0.4) is 0 Å². The average Bonchev–Trinajstić information content (AvgIpc) is 2.95. The molecule has 0 aliphatic heterocycles. The zero-order valence-electron chi connectivity index (χ0n) is 21.6. The van der Waals surface area contributed by atoms with E-state index in [9.17, 15) is 9.36 Å². The van der Waals surface area contributed by atoms with Gasteiger partial charge in [-0.15, -0.1) is 5.10 Å². The molecule has 0 radical (unpaired) electrons. The van der Waals surface area contributed by atoms with Crippen LogP contribution in [0.4, 0.5) is 0 Å². The van der Waals surface area contributed by atoms with Crippen molar-refractivity contribution in [2.75, 3.05) is 12.8 Å². The van der Waals surface area contributed by atoms with Gasteiger partial charge in [0.2, 0.25) is 11.9 Å². The molecule has 0 aromatic heterocycles. The first-order valence-corrected chi connectivity index (χ1v) is 13.8. The largest absolute Gasteiger partial charge is 0.444 e. The standard InChI is InChI=1S/C16H20N5O4P.C13H12/c17-16(21-18)20-15(22)11-19-12-26(23,24-13-7-3-1-4-8-13)25-14-9-5-2-6-10-14;1-11-7-9-13(10-8-11)12-5-3-2-4-6-12/h1-10,19H,11-12,18H2,(H3,17,20,21,22);2-10H,1H3. The summed E-state index contributed by atoms with van der Waals surface area (Å²) in [6, 6.07) is 36.3. The van der Waals surface area contributed by atoms with Crippen molar-refractivity contribution in [3.8, 4) is 22.6 Å². The Morgan fingerprint density at radius 2 is 1.23 bits per heavy atom. The predicted octanol–water partition coefficient (Wildman–Crippen LogP) is 4.85. The summed E-state index contributed by atoms with van der Waals surface area (Å²) in [4.78, 5) is 11.7. The van der Waals surface area contributed by atoms with Gasteiger partial charge < -0.3 is 20.6 Å². The Morgan fingerprint density at radius 3 is 1.72 bits per heavy atom. The summed E-state index contributed by atoms with van der Waals surface area (Å²) in [7, 11) is -3.64. The van der Waals surface area contributed by atoms with Crippen molar-refractivity contribution >= 4 is 19.5 Å². The number of carbonyl (C=O) groups is 1. The second-order valence-electron chi connectivity index (χ2n) is 8.30. The van der Waals surface area contributed by atoms with Crippen LogP contribution in [0.25, 0.3) is 11.1 Å². The normalized spacial score (nSPS) is 11.1. The summed E-state index contributed by atoms with van der Waals surface area (Å²) in [6.07, 6.45) is -0.204. The molecule has 202 valence electrons. The summed E-state index contributed by atoms with van der Waals surface area (Å²) in [5.74, 6) is 4.99. The molecule has 0 atom stereocenters. The number of hydrogen-bond acceptors (Lipinski definition) is 7. The highest BCUT2D eigenvalue weighted by atomic mass is 31.2. The van der Waals surface area contributed by atoms with Crippen LogP contribution in [0.5, 0.6) is 11.5 Å². The molecular weight excluding hydrogens is 513 g/mol. The lowest BCUT2D eigenvalue weighted by atomic mass is 10.0. The van der Waals surface area contributed by atoms with Crippen molar-refractivity contribution in [2.45, 2.75) is 6.92 Å². The number of benzene rings is 4. The fourth-order valence-corrected chi connectivity index (χ4v) is 4.71. The highest BCUT2D eigenvalue weighted by Crippen LogP contribution is 2.47. The lowest BCUT2D eigenvalue weighted by Crippen LogP contribution is -2.42. The summed E-state index contributed by atoms with van der Waals surface area (Å²) in [5.41, 5.74) is 9.17. The first kappa shape index (κ1) is 29.0. The summed E-state index contributed by atoms with van der Waals surface area (Å²) < 4.78 is 24.2. The molecule has 0 saturated heterocycles. The molecule has 10 heteroatoms. The van der Waals surface area contributed by atoms with Crippen molar-refractivity contribution in [3.63, 3.8) is 0 Å². The molecule has 0 unspecified atom stereocenters. The Bertz CT molecular complexity index is 1320. The van der Waals surface area contributed by atoms with Crippen LogP contribution in [-0.2, 0) is 9.36 Å². The molecule has 0 spiro atoms. The van der Waals surface area contributed by atoms with E-state index in [1.165, 1.54) is 16.7 Å². The van der Waals surface area contributed by atoms with E-state index in [2.05, 4.69) is 71.2 Å². The minimum atomic E-state index is -3.64. The van der Waals surface area contributed by atoms with E-state index in [0.29, 0.717) is 11.5 Å². The van der Waals surface area contributed by atoms with Gasteiger partial charge in [-0.1, -0.05) is 96.6 Å². The lowest BCUT2D eigenvalue weighted by molar-refractivity contribution is -0.118. The highest BCUT2D eigenvalue weighted by Gasteiger charge is 2.28. The van der Waals surface area contributed by atoms with Gasteiger partial charge in [0.15, 0.2) is 0 Å².